The third-order valence-electron chi connectivity index (χ3n) is 27.7. The molecule has 6 heterocycles. The second kappa shape index (κ2) is 50.0. The van der Waals surface area contributed by atoms with Crippen LogP contribution in [0.3, 0.4) is 0 Å². The number of allylic oxidation sites excluding steroid dienone is 9. The van der Waals surface area contributed by atoms with Gasteiger partial charge in [0.1, 0.15) is 54.2 Å². The molecule has 4 saturated heterocycles. The van der Waals surface area contributed by atoms with Crippen molar-refractivity contribution in [2.24, 2.45) is 65.1 Å². The van der Waals surface area contributed by atoms with E-state index in [1.54, 1.807) is 62.0 Å². The number of nitrogens with zero attached hydrogens (tertiary/aromatic N) is 2. The van der Waals surface area contributed by atoms with E-state index in [4.69, 9.17) is 63.7 Å². The highest BCUT2D eigenvalue weighted by Crippen LogP contribution is 2.43. The van der Waals surface area contributed by atoms with Crippen molar-refractivity contribution in [3.63, 3.8) is 0 Å². The zero-order valence-corrected chi connectivity index (χ0v) is 78.2. The number of fused-ring (bicyclic) bond motifs is 6. The fraction of sp³-hybridized carbons (Fsp3) is 0.781. The van der Waals surface area contributed by atoms with Crippen LogP contribution in [0.25, 0.3) is 0 Å². The van der Waals surface area contributed by atoms with Gasteiger partial charge in [-0.25, -0.2) is 9.59 Å². The van der Waals surface area contributed by atoms with E-state index in [2.05, 4.69) is 6.92 Å². The lowest BCUT2D eigenvalue weighted by atomic mass is 9.78. The number of carbonyl (C=O) groups excluding carboxylic acids is 9. The Labute approximate surface area is 742 Å². The summed E-state index contributed by atoms with van der Waals surface area (Å²) in [4.78, 5) is 130. The predicted molar refractivity (Wildman–Crippen MR) is 468 cm³/mol. The number of amides is 2. The number of cyclic esters (lactones) is 2. The van der Waals surface area contributed by atoms with Crippen LogP contribution in [0.2, 0.25) is 0 Å². The average molecular weight is 1770 g/mol. The third-order valence-corrected chi connectivity index (χ3v) is 28.2. The third kappa shape index (κ3) is 28.0. The first kappa shape index (κ1) is 105. The van der Waals surface area contributed by atoms with Crippen LogP contribution in [0.15, 0.2) is 70.9 Å². The molecule has 0 aromatic carbocycles. The molecule has 0 aromatic rings. The number of piperidine rings is 2. The molecule has 0 unspecified atom stereocenters. The Morgan fingerprint density at radius 2 is 1.23 bits per heavy atom. The van der Waals surface area contributed by atoms with E-state index in [9.17, 15) is 68.7 Å². The van der Waals surface area contributed by atoms with E-state index in [0.29, 0.717) is 107 Å². The molecule has 124 heavy (non-hydrogen) atoms. The summed E-state index contributed by atoms with van der Waals surface area (Å²) < 4.78 is 65.4. The van der Waals surface area contributed by atoms with Crippen LogP contribution in [0.1, 0.15) is 238 Å². The van der Waals surface area contributed by atoms with Crippen molar-refractivity contribution in [1.82, 2.24) is 9.80 Å². The molecule has 27 nitrogen and oxygen atoms in total. The van der Waals surface area contributed by atoms with Gasteiger partial charge < -0.3 is 87.4 Å². The summed E-state index contributed by atoms with van der Waals surface area (Å²) >= 11 is 6.52. The van der Waals surface area contributed by atoms with Crippen LogP contribution in [0, 0.1) is 65.1 Å². The molecule has 4 bridgehead atoms. The normalized spacial score (nSPS) is 40.2. The number of ether oxygens (including phenoxy) is 11. The number of esters is 2. The van der Waals surface area contributed by atoms with Crippen molar-refractivity contribution in [2.45, 2.75) is 346 Å². The largest absolute Gasteiger partial charge is 0.460 e. The maximum atomic E-state index is 14.5. The Kier molecular flexibility index (Phi) is 42.5. The Morgan fingerprint density at radius 1 is 0.613 bits per heavy atom. The lowest BCUT2D eigenvalue weighted by molar-refractivity contribution is -0.302. The Morgan fingerprint density at radius 3 is 1.82 bits per heavy atom. The Hall–Kier alpha value is -5.60. The molecule has 8 rings (SSSR count). The average Bonchev–Trinajstić information content (AvgIpc) is 0.771. The minimum absolute atomic E-state index is 0.0158. The van der Waals surface area contributed by atoms with E-state index >= 15 is 0 Å². The van der Waals surface area contributed by atoms with Crippen LogP contribution < -0.4 is 0 Å². The number of rotatable bonds is 15. The summed E-state index contributed by atoms with van der Waals surface area (Å²) in [5, 5.41) is 56.4. The number of ketones is 5. The van der Waals surface area contributed by atoms with E-state index in [1.807, 2.05) is 91.0 Å². The number of alkyl halides is 1. The van der Waals surface area contributed by atoms with Crippen LogP contribution in [0.5, 0.6) is 0 Å². The van der Waals surface area contributed by atoms with E-state index < -0.39 is 156 Å². The number of hydrogen-bond acceptors (Lipinski definition) is 25. The fourth-order valence-electron chi connectivity index (χ4n) is 19.9. The highest BCUT2D eigenvalue weighted by Gasteiger charge is 2.58. The van der Waals surface area contributed by atoms with E-state index in [-0.39, 0.29) is 129 Å². The summed E-state index contributed by atoms with van der Waals surface area (Å²) in [6.45, 7) is 24.2. The quantitative estimate of drug-likeness (QED) is 0.0440. The second-order valence-electron chi connectivity index (χ2n) is 37.3. The summed E-state index contributed by atoms with van der Waals surface area (Å²) in [5.74, 6) is -15.3. The molecule has 702 valence electrons. The Bertz CT molecular complexity index is 3710. The predicted octanol–water partition coefficient (Wildman–Crippen LogP) is 11.9. The number of hydrogen-bond donors (Lipinski definition) is 5. The first-order chi connectivity index (χ1) is 58.8. The number of methoxy groups -OCH3 is 6. The van der Waals surface area contributed by atoms with Crippen LogP contribution in [0.4, 0.5) is 0 Å². The van der Waals surface area contributed by atoms with Gasteiger partial charge >= 0.3 is 11.9 Å². The number of halogens is 1. The van der Waals surface area contributed by atoms with Crippen molar-refractivity contribution in [3.8, 4) is 0 Å². The molecule has 5 N–H and O–H groups in total. The molecule has 29 atom stereocenters. The first-order valence-corrected chi connectivity index (χ1v) is 46.2. The summed E-state index contributed by atoms with van der Waals surface area (Å²) in [7, 11) is 9.30. The first-order valence-electron chi connectivity index (χ1n) is 45.7. The van der Waals surface area contributed by atoms with Gasteiger partial charge in [-0.3, -0.25) is 33.6 Å². The molecular weight excluding hydrogens is 1620 g/mol. The molecule has 2 amide bonds. The molecule has 6 aliphatic heterocycles. The molecule has 0 spiro atoms. The number of aliphatic hydroxyl groups is 5. The topological polar surface area (TPSA) is 363 Å². The highest BCUT2D eigenvalue weighted by molar-refractivity contribution is 6.39. The van der Waals surface area contributed by atoms with Crippen molar-refractivity contribution in [1.29, 1.82) is 0 Å². The molecule has 0 aromatic heterocycles. The molecule has 8 aliphatic rings. The number of Topliss-reactive ketones (excluding diaryl/α,β-unsaturated/α-hetero) is 5. The van der Waals surface area contributed by atoms with Crippen molar-refractivity contribution < 1.29 is 121 Å². The second-order valence-corrected chi connectivity index (χ2v) is 37.8. The zero-order chi connectivity index (χ0) is 91.8. The van der Waals surface area contributed by atoms with Crippen LogP contribution in [-0.4, -0.2) is 265 Å². The van der Waals surface area contributed by atoms with Gasteiger partial charge in [0.25, 0.3) is 23.4 Å². The van der Waals surface area contributed by atoms with Gasteiger partial charge in [-0.1, -0.05) is 116 Å². The van der Waals surface area contributed by atoms with Crippen molar-refractivity contribution >= 4 is 64.3 Å². The van der Waals surface area contributed by atoms with Crippen LogP contribution in [-0.2, 0) is 95.3 Å². The molecule has 2 aliphatic carbocycles. The lowest BCUT2D eigenvalue weighted by Crippen LogP contribution is -2.64. The smallest absolute Gasteiger partial charge is 0.329 e. The Balaban J connectivity index is 0.000000347. The maximum Gasteiger partial charge on any atom is 0.329 e. The van der Waals surface area contributed by atoms with E-state index in [1.165, 1.54) is 31.1 Å². The van der Waals surface area contributed by atoms with Crippen molar-refractivity contribution in [2.75, 3.05) is 69.0 Å². The minimum Gasteiger partial charge on any atom is -0.460 e. The molecule has 2 saturated carbocycles. The highest BCUT2D eigenvalue weighted by atomic mass is 35.5. The van der Waals surface area contributed by atoms with Gasteiger partial charge in [0.05, 0.1) is 67.4 Å². The molecular formula is C96H151ClN2O25. The van der Waals surface area contributed by atoms with Gasteiger partial charge in [0.15, 0.2) is 5.78 Å². The fourth-order valence-corrected chi connectivity index (χ4v) is 20.2. The lowest BCUT2D eigenvalue weighted by Gasteiger charge is -2.47. The molecule has 0 radical (unpaired) electrons. The molecule has 28 heteroatoms. The molecule has 6 fully saturated rings. The van der Waals surface area contributed by atoms with E-state index in [0.717, 1.165) is 30.4 Å². The zero-order valence-electron chi connectivity index (χ0n) is 77.5. The van der Waals surface area contributed by atoms with Crippen LogP contribution >= 0.6 is 11.6 Å². The van der Waals surface area contributed by atoms with Gasteiger partial charge in [0.2, 0.25) is 11.6 Å². The summed E-state index contributed by atoms with van der Waals surface area (Å²) in [6, 6.07) is -2.26. The SMILES string of the molecule is CC[C@@H]1/C=C(\C)C[C@H](C)C[C@H](OC)[C@H]2O[C@@](O)(C(=O)C(=O)N3CCCC[C@H]3C(=O)O[C@H](/C(C)=C/[C@@H]3CC[C@H](Cl)[C@H](OC)C3)[C@H](C)[C@@H](O)CC1=O)[C@H](C)C[C@@H]2OC.CO[C@H]1C[C@@H]2CC[C@@H](C)[C@@](O)(O2)C(=O)C(=O)N2CCCC[C@H]2C(=O)O[C@H]([C@H](C)C[C@@H]2CC[C@@H](OCCO)[C@H](OC)C2)CC(=O)[C@H](C)/C=C(\C)[C@@H](O)[C@@H](OC)C(=O)[C@H](C)C[C@H](C)/C=C/C=C/C=C/1C. The van der Waals surface area contributed by atoms with Crippen molar-refractivity contribution in [3.05, 3.63) is 70.9 Å². The van der Waals surface area contributed by atoms with Gasteiger partial charge in [-0.15, -0.1) is 11.6 Å². The maximum absolute atomic E-state index is 14.5. The minimum atomic E-state index is -2.49. The van der Waals surface area contributed by atoms with Gasteiger partial charge in [0, 0.05) is 111 Å². The van der Waals surface area contributed by atoms with Gasteiger partial charge in [-0.2, -0.15) is 0 Å². The monoisotopic (exact) mass is 1770 g/mol. The standard InChI is InChI=1S/C53H83NO14.C43H68ClNO11/c1-32-16-12-11-13-17-33(2)44(63-8)30-40-21-19-38(7)53(62,68-40)50(59)51(60)54-23-15-14-18-41(54)52(61)67-45(35(4)28-39-20-22-43(66-25-24-55)46(29-39)64-9)31-42(56)34(3)27-37(6)48(58)49(65-10)47(57)36(5)26-32;1-10-30-18-24(2)17-25(3)19-36(53-8)39-37(54-9)21-27(5)43(51,56-39)40(48)41(49)45-16-12-11-13-32(45)42(50)55-38(28(6)33(46)23-34(30)47)26(4)20-29-14-15-31(44)35(22-29)52-7/h11-13,16-17,27,32,34-36,38-41,43-46,48-49,55,58,62H,14-15,18-26,28-31H2,1-10H3;18,20,25,27-33,35-39,46,51H,10-17,19,21-23H2,1-9H3/b13-11+,16-12+,33-17+,37-27+;24-18+,26-20+/t32-,34-,35-,36-,38-,39+,40+,41+,43-,44+,45+,46-,48-,49+,53-;25-,27+,28+,29-,30+,31-,32-,33-,35+,36-,37-,38+,39+,43+/m10/s1. The summed E-state index contributed by atoms with van der Waals surface area (Å²) in [5.41, 5.74) is 2.97. The number of carbonyl (C=O) groups is 9. The number of aliphatic hydroxyl groups excluding tert-OH is 3. The van der Waals surface area contributed by atoms with Gasteiger partial charge in [-0.05, 0) is 202 Å². The summed E-state index contributed by atoms with van der Waals surface area (Å²) in [6.07, 6.45) is 17.2.